The molecule has 1 fully saturated rings. The third kappa shape index (κ3) is 6.27. The number of pyridine rings is 1. The minimum Gasteiger partial charge on any atom is -0.357 e. The van der Waals surface area contributed by atoms with E-state index in [1.165, 1.54) is 28.9 Å². The summed E-state index contributed by atoms with van der Waals surface area (Å²) in [5.41, 5.74) is 3.73. The second kappa shape index (κ2) is 11.5. The molecular formula is C21H30IN5S. The van der Waals surface area contributed by atoms with E-state index >= 15 is 0 Å². The van der Waals surface area contributed by atoms with Crippen LogP contribution in [0.25, 0.3) is 0 Å². The number of aliphatic imine (C=N–C) groups is 1. The first-order valence-electron chi connectivity index (χ1n) is 9.47. The van der Waals surface area contributed by atoms with Crippen LogP contribution in [0.5, 0.6) is 0 Å². The predicted molar refractivity (Wildman–Crippen MR) is 131 cm³/mol. The maximum atomic E-state index is 4.61. The number of thioether (sulfide) groups is 1. The van der Waals surface area contributed by atoms with Gasteiger partial charge in [0.05, 0.1) is 0 Å². The molecule has 152 valence electrons. The molecule has 1 aliphatic rings. The van der Waals surface area contributed by atoms with Crippen molar-refractivity contribution in [1.29, 1.82) is 0 Å². The Morgan fingerprint density at radius 1 is 1.14 bits per heavy atom. The number of halogens is 1. The number of guanidine groups is 1. The first kappa shape index (κ1) is 22.8. The van der Waals surface area contributed by atoms with Crippen molar-refractivity contribution < 1.29 is 0 Å². The fourth-order valence-electron chi connectivity index (χ4n) is 3.24. The first-order valence-corrected chi connectivity index (χ1v) is 10.7. The van der Waals surface area contributed by atoms with Gasteiger partial charge in [0, 0.05) is 44.3 Å². The van der Waals surface area contributed by atoms with E-state index in [4.69, 9.17) is 0 Å². The van der Waals surface area contributed by atoms with Crippen LogP contribution in [0, 0.1) is 6.92 Å². The van der Waals surface area contributed by atoms with Crippen LogP contribution in [0.15, 0.2) is 46.4 Å². The smallest absolute Gasteiger partial charge is 0.191 e. The Balaban J connectivity index is 0.00000280. The van der Waals surface area contributed by atoms with E-state index in [1.54, 1.807) is 18.8 Å². The molecule has 1 saturated heterocycles. The van der Waals surface area contributed by atoms with Gasteiger partial charge in [-0.05, 0) is 54.8 Å². The lowest BCUT2D eigenvalue weighted by Crippen LogP contribution is -2.36. The van der Waals surface area contributed by atoms with Crippen molar-refractivity contribution >= 4 is 47.5 Å². The highest BCUT2D eigenvalue weighted by Gasteiger charge is 2.13. The van der Waals surface area contributed by atoms with Gasteiger partial charge in [-0.3, -0.25) is 4.99 Å². The fourth-order valence-corrected chi connectivity index (χ4v) is 3.94. The molecule has 0 radical (unpaired) electrons. The van der Waals surface area contributed by atoms with Gasteiger partial charge in [0.1, 0.15) is 5.82 Å². The molecule has 7 heteroatoms. The Morgan fingerprint density at radius 3 is 2.54 bits per heavy atom. The van der Waals surface area contributed by atoms with Crippen LogP contribution in [0.2, 0.25) is 0 Å². The van der Waals surface area contributed by atoms with Crippen LogP contribution in [-0.4, -0.2) is 37.3 Å². The number of aromatic nitrogens is 1. The molecule has 2 aromatic rings. The molecule has 0 aliphatic carbocycles. The van der Waals surface area contributed by atoms with Gasteiger partial charge in [-0.15, -0.1) is 35.7 Å². The summed E-state index contributed by atoms with van der Waals surface area (Å²) >= 11 is 1.78. The molecule has 2 heterocycles. The third-order valence-corrected chi connectivity index (χ3v) is 5.63. The molecule has 0 saturated carbocycles. The number of nitrogens with zero attached hydrogens (tertiary/aromatic N) is 3. The molecule has 0 atom stereocenters. The van der Waals surface area contributed by atoms with E-state index in [-0.39, 0.29) is 24.0 Å². The van der Waals surface area contributed by atoms with Gasteiger partial charge in [-0.1, -0.05) is 18.2 Å². The average molecular weight is 511 g/mol. The van der Waals surface area contributed by atoms with Crippen LogP contribution >= 0.6 is 35.7 Å². The molecule has 1 aromatic carbocycles. The summed E-state index contributed by atoms with van der Waals surface area (Å²) in [6, 6.07) is 10.8. The van der Waals surface area contributed by atoms with Gasteiger partial charge in [0.2, 0.25) is 0 Å². The summed E-state index contributed by atoms with van der Waals surface area (Å²) in [4.78, 5) is 12.6. The van der Waals surface area contributed by atoms with Gasteiger partial charge >= 0.3 is 0 Å². The lowest BCUT2D eigenvalue weighted by Gasteiger charge is -2.17. The lowest BCUT2D eigenvalue weighted by molar-refractivity contribution is 0.798. The standard InChI is InChI=1S/C21H29N5S.HI/c1-16-6-8-18(19(12-16)27-3)15-25-21(22-2)24-14-17-7-9-20(23-13-17)26-10-4-5-11-26;/h6-9,12-13H,4-5,10-11,14-15H2,1-3H3,(H2,22,24,25);1H. The van der Waals surface area contributed by atoms with Gasteiger partial charge < -0.3 is 15.5 Å². The largest absolute Gasteiger partial charge is 0.357 e. The third-order valence-electron chi connectivity index (χ3n) is 4.81. The molecule has 5 nitrogen and oxygen atoms in total. The predicted octanol–water partition coefficient (Wildman–Crippen LogP) is 4.20. The van der Waals surface area contributed by atoms with Crippen molar-refractivity contribution in [3.63, 3.8) is 0 Å². The number of benzene rings is 1. The number of nitrogens with one attached hydrogen (secondary N) is 2. The summed E-state index contributed by atoms with van der Waals surface area (Å²) < 4.78 is 0. The molecule has 0 bridgehead atoms. The summed E-state index contributed by atoms with van der Waals surface area (Å²) in [5.74, 6) is 1.88. The Hall–Kier alpha value is -1.48. The monoisotopic (exact) mass is 511 g/mol. The maximum Gasteiger partial charge on any atom is 0.191 e. The van der Waals surface area contributed by atoms with Crippen molar-refractivity contribution in [3.05, 3.63) is 53.2 Å². The zero-order valence-electron chi connectivity index (χ0n) is 16.9. The quantitative estimate of drug-likeness (QED) is 0.264. The van der Waals surface area contributed by atoms with E-state index in [9.17, 15) is 0 Å². The van der Waals surface area contributed by atoms with Gasteiger partial charge in [-0.25, -0.2) is 4.98 Å². The molecule has 0 amide bonds. The minimum atomic E-state index is 0. The summed E-state index contributed by atoms with van der Waals surface area (Å²) in [7, 11) is 1.80. The van der Waals surface area contributed by atoms with Crippen molar-refractivity contribution in [2.24, 2.45) is 4.99 Å². The Labute approximate surface area is 189 Å². The molecule has 1 aromatic heterocycles. The number of hydrogen-bond donors (Lipinski definition) is 2. The molecule has 0 unspecified atom stereocenters. The summed E-state index contributed by atoms with van der Waals surface area (Å²) in [5, 5.41) is 6.78. The zero-order chi connectivity index (χ0) is 19.1. The Kier molecular flexibility index (Phi) is 9.37. The van der Waals surface area contributed by atoms with Crippen molar-refractivity contribution in [2.75, 3.05) is 31.3 Å². The van der Waals surface area contributed by atoms with Crippen LogP contribution in [0.1, 0.15) is 29.5 Å². The number of aryl methyl sites for hydroxylation is 1. The van der Waals surface area contributed by atoms with Crippen molar-refractivity contribution in [3.8, 4) is 0 Å². The molecular weight excluding hydrogens is 481 g/mol. The van der Waals surface area contributed by atoms with Gasteiger partial charge in [0.15, 0.2) is 5.96 Å². The van der Waals surface area contributed by atoms with E-state index in [1.807, 2.05) is 6.20 Å². The molecule has 28 heavy (non-hydrogen) atoms. The van der Waals surface area contributed by atoms with Crippen LogP contribution in [0.4, 0.5) is 5.82 Å². The number of anilines is 1. The molecule has 3 rings (SSSR count). The van der Waals surface area contributed by atoms with Crippen LogP contribution in [0.3, 0.4) is 0 Å². The molecule has 0 spiro atoms. The highest BCUT2D eigenvalue weighted by atomic mass is 127. The average Bonchev–Trinajstić information content (AvgIpc) is 3.24. The van der Waals surface area contributed by atoms with E-state index < -0.39 is 0 Å². The van der Waals surface area contributed by atoms with Crippen LogP contribution < -0.4 is 15.5 Å². The zero-order valence-corrected chi connectivity index (χ0v) is 20.0. The summed E-state index contributed by atoms with van der Waals surface area (Å²) in [6.45, 7) is 5.83. The second-order valence-corrected chi connectivity index (χ2v) is 7.66. The SMILES string of the molecule is CN=C(NCc1ccc(N2CCCC2)nc1)NCc1ccc(C)cc1SC.I. The van der Waals surface area contributed by atoms with Gasteiger partial charge in [0.25, 0.3) is 0 Å². The lowest BCUT2D eigenvalue weighted by atomic mass is 10.1. The van der Waals surface area contributed by atoms with Crippen molar-refractivity contribution in [2.45, 2.75) is 37.8 Å². The topological polar surface area (TPSA) is 52.6 Å². The molecule has 2 N–H and O–H groups in total. The number of hydrogen-bond acceptors (Lipinski definition) is 4. The van der Waals surface area contributed by atoms with E-state index in [2.05, 4.69) is 69.0 Å². The Morgan fingerprint density at radius 2 is 1.89 bits per heavy atom. The minimum absolute atomic E-state index is 0. The first-order chi connectivity index (χ1) is 13.2. The Bertz CT molecular complexity index is 773. The highest BCUT2D eigenvalue weighted by Crippen LogP contribution is 2.21. The fraction of sp³-hybridized carbons (Fsp3) is 0.429. The van der Waals surface area contributed by atoms with Gasteiger partial charge in [-0.2, -0.15) is 0 Å². The second-order valence-electron chi connectivity index (χ2n) is 6.81. The normalized spacial score (nSPS) is 14.0. The highest BCUT2D eigenvalue weighted by molar-refractivity contribution is 14.0. The van der Waals surface area contributed by atoms with E-state index in [0.717, 1.165) is 37.0 Å². The maximum absolute atomic E-state index is 4.61. The van der Waals surface area contributed by atoms with Crippen LogP contribution in [-0.2, 0) is 13.1 Å². The van der Waals surface area contributed by atoms with Crippen molar-refractivity contribution in [1.82, 2.24) is 15.6 Å². The molecule has 1 aliphatic heterocycles. The summed E-state index contributed by atoms with van der Waals surface area (Å²) in [6.07, 6.45) is 6.61. The van der Waals surface area contributed by atoms with E-state index in [0.29, 0.717) is 6.54 Å². The number of rotatable bonds is 6.